The number of nitrogens with zero attached hydrogens (tertiary/aromatic N) is 2. The fraction of sp³-hybridized carbons (Fsp3) is 0.0667. The van der Waals surface area contributed by atoms with E-state index in [-0.39, 0.29) is 0 Å². The Labute approximate surface area is 120 Å². The SMILES string of the molecule is Cc1nc(-c2ccc(Cl)cc2)sc1-c1ccncc1. The van der Waals surface area contributed by atoms with E-state index in [0.717, 1.165) is 26.9 Å². The molecule has 0 bridgehead atoms. The van der Waals surface area contributed by atoms with E-state index < -0.39 is 0 Å². The number of rotatable bonds is 2. The number of halogens is 1. The van der Waals surface area contributed by atoms with Crippen molar-refractivity contribution in [3.05, 3.63) is 59.5 Å². The van der Waals surface area contributed by atoms with Gasteiger partial charge in [0.05, 0.1) is 10.6 Å². The largest absolute Gasteiger partial charge is 0.265 e. The summed E-state index contributed by atoms with van der Waals surface area (Å²) in [5.41, 5.74) is 3.30. The van der Waals surface area contributed by atoms with Gasteiger partial charge in [0, 0.05) is 23.0 Å². The van der Waals surface area contributed by atoms with Crippen molar-refractivity contribution < 1.29 is 0 Å². The van der Waals surface area contributed by atoms with Gasteiger partial charge in [-0.1, -0.05) is 23.7 Å². The van der Waals surface area contributed by atoms with Crippen molar-refractivity contribution in [2.75, 3.05) is 0 Å². The average molecular weight is 287 g/mol. The van der Waals surface area contributed by atoms with Gasteiger partial charge in [0.25, 0.3) is 0 Å². The number of hydrogen-bond acceptors (Lipinski definition) is 3. The Morgan fingerprint density at radius 2 is 1.63 bits per heavy atom. The molecule has 0 N–H and O–H groups in total. The Hall–Kier alpha value is -1.71. The maximum Gasteiger partial charge on any atom is 0.124 e. The van der Waals surface area contributed by atoms with Crippen LogP contribution < -0.4 is 0 Å². The van der Waals surface area contributed by atoms with E-state index in [1.54, 1.807) is 23.7 Å². The molecule has 0 saturated carbocycles. The lowest BCUT2D eigenvalue weighted by atomic mass is 10.2. The Kier molecular flexibility index (Phi) is 3.32. The van der Waals surface area contributed by atoms with E-state index in [9.17, 15) is 0 Å². The van der Waals surface area contributed by atoms with Crippen molar-refractivity contribution in [1.29, 1.82) is 0 Å². The van der Waals surface area contributed by atoms with Gasteiger partial charge in [0.15, 0.2) is 0 Å². The minimum absolute atomic E-state index is 0.742. The molecule has 0 unspecified atom stereocenters. The van der Waals surface area contributed by atoms with E-state index in [1.165, 1.54) is 4.88 Å². The van der Waals surface area contributed by atoms with Crippen molar-refractivity contribution in [3.63, 3.8) is 0 Å². The molecule has 3 rings (SSSR count). The van der Waals surface area contributed by atoms with Gasteiger partial charge in [-0.2, -0.15) is 0 Å². The van der Waals surface area contributed by atoms with Gasteiger partial charge in [-0.3, -0.25) is 4.98 Å². The van der Waals surface area contributed by atoms with E-state index >= 15 is 0 Å². The molecule has 4 heteroatoms. The van der Waals surface area contributed by atoms with Crippen molar-refractivity contribution in [3.8, 4) is 21.0 Å². The molecule has 0 spiro atoms. The normalized spacial score (nSPS) is 10.6. The Bertz CT molecular complexity index is 690. The topological polar surface area (TPSA) is 25.8 Å². The van der Waals surface area contributed by atoms with Gasteiger partial charge in [-0.15, -0.1) is 11.3 Å². The van der Waals surface area contributed by atoms with Crippen molar-refractivity contribution >= 4 is 22.9 Å². The van der Waals surface area contributed by atoms with Crippen LogP contribution in [0.3, 0.4) is 0 Å². The minimum atomic E-state index is 0.742. The molecule has 19 heavy (non-hydrogen) atoms. The first-order valence-corrected chi connectivity index (χ1v) is 7.07. The Morgan fingerprint density at radius 3 is 2.32 bits per heavy atom. The number of pyridine rings is 1. The fourth-order valence-electron chi connectivity index (χ4n) is 1.88. The molecule has 3 aromatic rings. The van der Waals surface area contributed by atoms with Crippen LogP contribution in [0.25, 0.3) is 21.0 Å². The first-order valence-electron chi connectivity index (χ1n) is 5.88. The van der Waals surface area contributed by atoms with Crippen LogP contribution in [0.5, 0.6) is 0 Å². The third-order valence-corrected chi connectivity index (χ3v) is 4.34. The molecule has 0 saturated heterocycles. The van der Waals surface area contributed by atoms with Crippen LogP contribution >= 0.6 is 22.9 Å². The maximum absolute atomic E-state index is 5.91. The number of hydrogen-bond donors (Lipinski definition) is 0. The van der Waals surface area contributed by atoms with Gasteiger partial charge in [-0.25, -0.2) is 4.98 Å². The Morgan fingerprint density at radius 1 is 0.947 bits per heavy atom. The van der Waals surface area contributed by atoms with Crippen molar-refractivity contribution in [1.82, 2.24) is 9.97 Å². The van der Waals surface area contributed by atoms with E-state index in [1.807, 2.05) is 43.3 Å². The van der Waals surface area contributed by atoms with Gasteiger partial charge < -0.3 is 0 Å². The second-order valence-electron chi connectivity index (χ2n) is 4.18. The smallest absolute Gasteiger partial charge is 0.124 e. The Balaban J connectivity index is 2.04. The molecule has 0 fully saturated rings. The highest BCUT2D eigenvalue weighted by Gasteiger charge is 2.10. The fourth-order valence-corrected chi connectivity index (χ4v) is 3.09. The van der Waals surface area contributed by atoms with E-state index in [0.29, 0.717) is 0 Å². The standard InChI is InChI=1S/C15H11ClN2S/c1-10-14(11-6-8-17-9-7-11)19-15(18-10)12-2-4-13(16)5-3-12/h2-9H,1H3. The second-order valence-corrected chi connectivity index (χ2v) is 5.61. The van der Waals surface area contributed by atoms with Crippen LogP contribution in [0.15, 0.2) is 48.8 Å². The van der Waals surface area contributed by atoms with Crippen LogP contribution in [-0.4, -0.2) is 9.97 Å². The average Bonchev–Trinajstić information content (AvgIpc) is 2.83. The van der Waals surface area contributed by atoms with Gasteiger partial charge >= 0.3 is 0 Å². The zero-order chi connectivity index (χ0) is 13.2. The molecule has 2 nitrogen and oxygen atoms in total. The zero-order valence-corrected chi connectivity index (χ0v) is 11.9. The molecule has 94 valence electrons. The quantitative estimate of drug-likeness (QED) is 0.674. The lowest BCUT2D eigenvalue weighted by Gasteiger charge is -1.96. The van der Waals surface area contributed by atoms with E-state index in [2.05, 4.69) is 9.97 Å². The summed E-state index contributed by atoms with van der Waals surface area (Å²) in [6.45, 7) is 2.03. The summed E-state index contributed by atoms with van der Waals surface area (Å²) in [5, 5.41) is 1.76. The number of thiazole rings is 1. The summed E-state index contributed by atoms with van der Waals surface area (Å²) in [6, 6.07) is 11.8. The molecule has 0 aliphatic carbocycles. The number of benzene rings is 1. The highest BCUT2D eigenvalue weighted by Crippen LogP contribution is 2.35. The van der Waals surface area contributed by atoms with Gasteiger partial charge in [-0.05, 0) is 36.8 Å². The molecular weight excluding hydrogens is 276 g/mol. The molecule has 2 heterocycles. The van der Waals surface area contributed by atoms with Crippen molar-refractivity contribution in [2.24, 2.45) is 0 Å². The van der Waals surface area contributed by atoms with Crippen LogP contribution in [0.4, 0.5) is 0 Å². The minimum Gasteiger partial charge on any atom is -0.265 e. The molecule has 0 aliphatic rings. The summed E-state index contributed by atoms with van der Waals surface area (Å²) in [6.07, 6.45) is 3.60. The molecule has 1 aromatic carbocycles. The molecule has 0 aliphatic heterocycles. The number of aryl methyl sites for hydroxylation is 1. The van der Waals surface area contributed by atoms with Crippen LogP contribution in [0, 0.1) is 6.92 Å². The van der Waals surface area contributed by atoms with Crippen molar-refractivity contribution in [2.45, 2.75) is 6.92 Å². The summed E-state index contributed by atoms with van der Waals surface area (Å²) in [4.78, 5) is 9.87. The lowest BCUT2D eigenvalue weighted by molar-refractivity contribution is 1.26. The molecule has 0 radical (unpaired) electrons. The summed E-state index contributed by atoms with van der Waals surface area (Å²) in [5.74, 6) is 0. The summed E-state index contributed by atoms with van der Waals surface area (Å²) in [7, 11) is 0. The second kappa shape index (κ2) is 5.11. The predicted molar refractivity (Wildman–Crippen MR) is 80.5 cm³/mol. The maximum atomic E-state index is 5.91. The van der Waals surface area contributed by atoms with Crippen LogP contribution in [0.2, 0.25) is 5.02 Å². The first-order chi connectivity index (χ1) is 9.24. The highest BCUT2D eigenvalue weighted by atomic mass is 35.5. The third kappa shape index (κ3) is 2.53. The van der Waals surface area contributed by atoms with Crippen LogP contribution in [-0.2, 0) is 0 Å². The van der Waals surface area contributed by atoms with Crippen LogP contribution in [0.1, 0.15) is 5.69 Å². The predicted octanol–water partition coefficient (Wildman–Crippen LogP) is 4.83. The zero-order valence-electron chi connectivity index (χ0n) is 10.3. The highest BCUT2D eigenvalue weighted by molar-refractivity contribution is 7.18. The first kappa shape index (κ1) is 12.3. The molecule has 0 amide bonds. The summed E-state index contributed by atoms with van der Waals surface area (Å²) < 4.78 is 0. The monoisotopic (exact) mass is 286 g/mol. The number of aromatic nitrogens is 2. The third-order valence-electron chi connectivity index (χ3n) is 2.83. The van der Waals surface area contributed by atoms with E-state index in [4.69, 9.17) is 11.6 Å². The summed E-state index contributed by atoms with van der Waals surface area (Å²) >= 11 is 7.60. The lowest BCUT2D eigenvalue weighted by Crippen LogP contribution is -1.78. The van der Waals surface area contributed by atoms with Gasteiger partial charge in [0.1, 0.15) is 5.01 Å². The molecule has 2 aromatic heterocycles. The molecule has 0 atom stereocenters. The van der Waals surface area contributed by atoms with Gasteiger partial charge in [0.2, 0.25) is 0 Å². The molecular formula is C15H11ClN2S.